The maximum absolute atomic E-state index is 12.6. The van der Waals surface area contributed by atoms with E-state index in [2.05, 4.69) is 18.8 Å². The summed E-state index contributed by atoms with van der Waals surface area (Å²) >= 11 is 1.40. The molecule has 1 atom stereocenters. The van der Waals surface area contributed by atoms with Crippen molar-refractivity contribution in [3.05, 3.63) is 4.88 Å². The molecule has 1 fully saturated rings. The van der Waals surface area contributed by atoms with Crippen LogP contribution in [0.25, 0.3) is 0 Å². The average Bonchev–Trinajstić information content (AvgIpc) is 3.03. The monoisotopic (exact) mass is 296 g/mol. The topological polar surface area (TPSA) is 62.5 Å². The highest BCUT2D eigenvalue weighted by atomic mass is 32.1. The van der Waals surface area contributed by atoms with Crippen LogP contribution < -0.4 is 10.6 Å². The number of nitrogen functional groups attached to an aromatic ring is 1. The van der Waals surface area contributed by atoms with Gasteiger partial charge in [-0.2, -0.15) is 0 Å². The van der Waals surface area contributed by atoms with E-state index < -0.39 is 0 Å². The fraction of sp³-hybridized carbons (Fsp3) is 0.714. The number of nitrogens with zero attached hydrogens (tertiary/aromatic N) is 3. The molecule has 1 amide bonds. The number of aromatic nitrogens is 1. The zero-order valence-corrected chi connectivity index (χ0v) is 13.5. The van der Waals surface area contributed by atoms with Gasteiger partial charge in [0.1, 0.15) is 10.7 Å². The summed E-state index contributed by atoms with van der Waals surface area (Å²) in [6.45, 7) is 9.00. The first-order valence-corrected chi connectivity index (χ1v) is 8.02. The standard InChI is InChI=1S/C14H24N4OS/c1-5-17(4)14-16-12(15)11(20-14)13(19)18-7-6-10(8-18)9(2)3/h9-10H,5-8,15H2,1-4H3. The molecule has 5 nitrogen and oxygen atoms in total. The molecule has 0 saturated carbocycles. The largest absolute Gasteiger partial charge is 0.382 e. The molecule has 1 aromatic heterocycles. The van der Waals surface area contributed by atoms with Crippen molar-refractivity contribution in [2.75, 3.05) is 37.3 Å². The van der Waals surface area contributed by atoms with Crippen molar-refractivity contribution in [2.45, 2.75) is 27.2 Å². The van der Waals surface area contributed by atoms with Gasteiger partial charge in [-0.3, -0.25) is 4.79 Å². The first kappa shape index (κ1) is 15.1. The molecular weight excluding hydrogens is 272 g/mol. The summed E-state index contributed by atoms with van der Waals surface area (Å²) in [5.41, 5.74) is 5.92. The third-order valence-electron chi connectivity index (χ3n) is 4.09. The normalized spacial score (nSPS) is 18.9. The number of hydrogen-bond donors (Lipinski definition) is 1. The van der Waals surface area contributed by atoms with Crippen molar-refractivity contribution >= 4 is 28.2 Å². The summed E-state index contributed by atoms with van der Waals surface area (Å²) in [5, 5.41) is 0.813. The number of rotatable bonds is 4. The molecule has 0 bridgehead atoms. The molecule has 0 aliphatic carbocycles. The van der Waals surface area contributed by atoms with Crippen LogP contribution >= 0.6 is 11.3 Å². The first-order valence-electron chi connectivity index (χ1n) is 7.20. The van der Waals surface area contributed by atoms with E-state index in [9.17, 15) is 4.79 Å². The van der Waals surface area contributed by atoms with Gasteiger partial charge in [0.15, 0.2) is 5.13 Å². The minimum absolute atomic E-state index is 0.0407. The van der Waals surface area contributed by atoms with E-state index in [1.54, 1.807) is 0 Å². The van der Waals surface area contributed by atoms with Crippen LogP contribution in [0.1, 0.15) is 36.9 Å². The van der Waals surface area contributed by atoms with Crippen LogP contribution in [0.15, 0.2) is 0 Å². The molecule has 2 N–H and O–H groups in total. The summed E-state index contributed by atoms with van der Waals surface area (Å²) in [7, 11) is 1.96. The van der Waals surface area contributed by atoms with Crippen molar-refractivity contribution in [1.29, 1.82) is 0 Å². The Labute approximate surface area is 124 Å². The number of hydrogen-bond acceptors (Lipinski definition) is 5. The molecule has 0 aromatic carbocycles. The molecule has 0 spiro atoms. The van der Waals surface area contributed by atoms with Crippen LogP contribution in [0.2, 0.25) is 0 Å². The van der Waals surface area contributed by atoms with Crippen molar-refractivity contribution in [1.82, 2.24) is 9.88 Å². The molecule has 112 valence electrons. The van der Waals surface area contributed by atoms with Crippen molar-refractivity contribution in [2.24, 2.45) is 11.8 Å². The van der Waals surface area contributed by atoms with Crippen LogP contribution in [-0.2, 0) is 0 Å². The lowest BCUT2D eigenvalue weighted by Gasteiger charge is -2.17. The molecule has 1 aliphatic rings. The minimum Gasteiger partial charge on any atom is -0.382 e. The maximum Gasteiger partial charge on any atom is 0.267 e. The zero-order chi connectivity index (χ0) is 14.9. The van der Waals surface area contributed by atoms with E-state index >= 15 is 0 Å². The molecule has 1 unspecified atom stereocenters. The van der Waals surface area contributed by atoms with Gasteiger partial charge in [-0.15, -0.1) is 0 Å². The van der Waals surface area contributed by atoms with Crippen LogP contribution in [0.3, 0.4) is 0 Å². The number of carbonyl (C=O) groups is 1. The molecule has 6 heteroatoms. The fourth-order valence-corrected chi connectivity index (χ4v) is 3.41. The molecule has 20 heavy (non-hydrogen) atoms. The van der Waals surface area contributed by atoms with Crippen molar-refractivity contribution < 1.29 is 4.79 Å². The number of thiazole rings is 1. The first-order chi connectivity index (χ1) is 9.43. The average molecular weight is 296 g/mol. The minimum atomic E-state index is 0.0407. The number of anilines is 2. The molecule has 0 radical (unpaired) electrons. The SMILES string of the molecule is CCN(C)c1nc(N)c(C(=O)N2CCC(C(C)C)C2)s1. The van der Waals surface area contributed by atoms with E-state index in [1.165, 1.54) is 11.3 Å². The van der Waals surface area contributed by atoms with Crippen LogP contribution in [0.4, 0.5) is 10.9 Å². The molecular formula is C14H24N4OS. The smallest absolute Gasteiger partial charge is 0.267 e. The Morgan fingerprint density at radius 3 is 2.85 bits per heavy atom. The van der Waals surface area contributed by atoms with Gasteiger partial charge in [-0.05, 0) is 25.2 Å². The van der Waals surface area contributed by atoms with Gasteiger partial charge < -0.3 is 15.5 Å². The third-order valence-corrected chi connectivity index (χ3v) is 5.27. The lowest BCUT2D eigenvalue weighted by Crippen LogP contribution is -2.29. The van der Waals surface area contributed by atoms with Crippen LogP contribution in [-0.4, -0.2) is 42.5 Å². The van der Waals surface area contributed by atoms with Gasteiger partial charge in [-0.1, -0.05) is 25.2 Å². The van der Waals surface area contributed by atoms with Gasteiger partial charge in [0, 0.05) is 26.7 Å². The molecule has 2 heterocycles. The number of likely N-dealkylation sites (tertiary alicyclic amines) is 1. The Balaban J connectivity index is 2.12. The fourth-order valence-electron chi connectivity index (χ4n) is 2.43. The molecule has 1 saturated heterocycles. The third kappa shape index (κ3) is 2.90. The summed E-state index contributed by atoms with van der Waals surface area (Å²) in [4.78, 5) is 21.4. The Morgan fingerprint density at radius 1 is 1.60 bits per heavy atom. The number of nitrogens with two attached hydrogens (primary N) is 1. The van der Waals surface area contributed by atoms with Crippen molar-refractivity contribution in [3.8, 4) is 0 Å². The lowest BCUT2D eigenvalue weighted by atomic mass is 9.95. The van der Waals surface area contributed by atoms with E-state index in [0.717, 1.165) is 31.2 Å². The summed E-state index contributed by atoms with van der Waals surface area (Å²) < 4.78 is 0. The second kappa shape index (κ2) is 5.99. The predicted molar refractivity (Wildman–Crippen MR) is 84.3 cm³/mol. The van der Waals surface area contributed by atoms with Gasteiger partial charge in [0.2, 0.25) is 0 Å². The van der Waals surface area contributed by atoms with Gasteiger partial charge in [-0.25, -0.2) is 4.98 Å². The lowest BCUT2D eigenvalue weighted by molar-refractivity contribution is 0.0789. The highest BCUT2D eigenvalue weighted by molar-refractivity contribution is 7.18. The van der Waals surface area contributed by atoms with E-state index in [1.807, 2.05) is 23.8 Å². The van der Waals surface area contributed by atoms with E-state index in [-0.39, 0.29) is 5.91 Å². The quantitative estimate of drug-likeness (QED) is 0.926. The number of carbonyl (C=O) groups excluding carboxylic acids is 1. The second-order valence-electron chi connectivity index (χ2n) is 5.77. The Hall–Kier alpha value is -1.30. The van der Waals surface area contributed by atoms with E-state index in [0.29, 0.717) is 22.5 Å². The zero-order valence-electron chi connectivity index (χ0n) is 12.7. The van der Waals surface area contributed by atoms with Gasteiger partial charge in [0.05, 0.1) is 0 Å². The number of amides is 1. The Morgan fingerprint density at radius 2 is 2.30 bits per heavy atom. The second-order valence-corrected chi connectivity index (χ2v) is 6.75. The molecule has 2 rings (SSSR count). The molecule has 1 aromatic rings. The summed E-state index contributed by atoms with van der Waals surface area (Å²) in [5.74, 6) is 1.63. The van der Waals surface area contributed by atoms with Gasteiger partial charge >= 0.3 is 0 Å². The van der Waals surface area contributed by atoms with Crippen LogP contribution in [0, 0.1) is 11.8 Å². The Bertz CT molecular complexity index is 486. The highest BCUT2D eigenvalue weighted by Gasteiger charge is 2.31. The van der Waals surface area contributed by atoms with E-state index in [4.69, 9.17) is 5.73 Å². The Kier molecular flexibility index (Phi) is 4.52. The van der Waals surface area contributed by atoms with Crippen molar-refractivity contribution in [3.63, 3.8) is 0 Å². The predicted octanol–water partition coefficient (Wildman–Crippen LogP) is 2.30. The maximum atomic E-state index is 12.6. The van der Waals surface area contributed by atoms with Crippen LogP contribution in [0.5, 0.6) is 0 Å². The van der Waals surface area contributed by atoms with Gasteiger partial charge in [0.25, 0.3) is 5.91 Å². The summed E-state index contributed by atoms with van der Waals surface area (Å²) in [6, 6.07) is 0. The highest BCUT2D eigenvalue weighted by Crippen LogP contribution is 2.31. The summed E-state index contributed by atoms with van der Waals surface area (Å²) in [6.07, 6.45) is 1.09. The molecule has 1 aliphatic heterocycles.